The monoisotopic (exact) mass is 238 g/mol. The first-order chi connectivity index (χ1) is 8.20. The highest BCUT2D eigenvalue weighted by atomic mass is 16.4. The highest BCUT2D eigenvalue weighted by molar-refractivity contribution is 5.73. The van der Waals surface area contributed by atoms with Crippen LogP contribution in [0, 0.1) is 0 Å². The number of carbonyl (C=O) groups is 1. The fraction of sp³-hybridized carbons (Fsp3) is 0.727. The Morgan fingerprint density at radius 3 is 3.18 bits per heavy atom. The Bertz CT molecular complexity index is 391. The fourth-order valence-electron chi connectivity index (χ4n) is 2.31. The van der Waals surface area contributed by atoms with Crippen LogP contribution in [0.1, 0.15) is 32.0 Å². The van der Waals surface area contributed by atoms with E-state index in [2.05, 4.69) is 15.4 Å². The quantitative estimate of drug-likeness (QED) is 0.795. The molecule has 6 nitrogen and oxygen atoms in total. The third-order valence-electron chi connectivity index (χ3n) is 3.20. The molecule has 0 bridgehead atoms. The second kappa shape index (κ2) is 5.27. The third-order valence-corrected chi connectivity index (χ3v) is 3.20. The largest absolute Gasteiger partial charge is 0.480 e. The molecule has 1 aliphatic heterocycles. The van der Waals surface area contributed by atoms with Gasteiger partial charge >= 0.3 is 5.97 Å². The first kappa shape index (κ1) is 12.0. The lowest BCUT2D eigenvalue weighted by atomic mass is 9.96. The zero-order chi connectivity index (χ0) is 12.3. The molecule has 1 aromatic heterocycles. The fourth-order valence-corrected chi connectivity index (χ4v) is 2.31. The molecule has 17 heavy (non-hydrogen) atoms. The number of carboxylic acid groups (broad SMARTS) is 1. The van der Waals surface area contributed by atoms with Crippen molar-refractivity contribution in [3.05, 3.63) is 12.2 Å². The van der Waals surface area contributed by atoms with Gasteiger partial charge in [0, 0.05) is 19.0 Å². The van der Waals surface area contributed by atoms with Crippen molar-refractivity contribution in [2.24, 2.45) is 0 Å². The number of nitrogens with one attached hydrogen (secondary N) is 1. The van der Waals surface area contributed by atoms with Crippen molar-refractivity contribution < 1.29 is 9.90 Å². The van der Waals surface area contributed by atoms with E-state index in [0.717, 1.165) is 31.6 Å². The normalized spacial score (nSPS) is 24.8. The Morgan fingerprint density at radius 1 is 1.65 bits per heavy atom. The van der Waals surface area contributed by atoms with Crippen molar-refractivity contribution in [2.75, 3.05) is 0 Å². The van der Waals surface area contributed by atoms with Gasteiger partial charge in [-0.2, -0.15) is 5.10 Å². The third kappa shape index (κ3) is 2.82. The molecule has 2 unspecified atom stereocenters. The number of aromatic nitrogens is 3. The summed E-state index contributed by atoms with van der Waals surface area (Å²) in [6.07, 6.45) is 4.97. The summed E-state index contributed by atoms with van der Waals surface area (Å²) in [4.78, 5) is 15.1. The first-order valence-corrected chi connectivity index (χ1v) is 6.06. The highest BCUT2D eigenvalue weighted by Crippen LogP contribution is 2.15. The van der Waals surface area contributed by atoms with Gasteiger partial charge in [-0.1, -0.05) is 0 Å². The summed E-state index contributed by atoms with van der Waals surface area (Å²) in [6, 6.07) is -0.217. The van der Waals surface area contributed by atoms with E-state index in [0.29, 0.717) is 6.42 Å². The molecular weight excluding hydrogens is 220 g/mol. The Kier molecular flexibility index (Phi) is 3.73. The van der Waals surface area contributed by atoms with Gasteiger partial charge in [-0.05, 0) is 26.2 Å². The smallest absolute Gasteiger partial charge is 0.320 e. The van der Waals surface area contributed by atoms with Crippen LogP contribution in [0.5, 0.6) is 0 Å². The minimum atomic E-state index is -0.758. The summed E-state index contributed by atoms with van der Waals surface area (Å²) in [5, 5.41) is 16.3. The Balaban J connectivity index is 1.97. The van der Waals surface area contributed by atoms with E-state index in [1.165, 1.54) is 0 Å². The van der Waals surface area contributed by atoms with Crippen LogP contribution < -0.4 is 5.32 Å². The van der Waals surface area contributed by atoms with Crippen molar-refractivity contribution in [2.45, 2.75) is 51.2 Å². The van der Waals surface area contributed by atoms with Crippen LogP contribution in [0.15, 0.2) is 6.33 Å². The van der Waals surface area contributed by atoms with Gasteiger partial charge in [-0.3, -0.25) is 9.48 Å². The number of piperidine rings is 1. The van der Waals surface area contributed by atoms with E-state index >= 15 is 0 Å². The molecule has 1 aliphatic rings. The molecule has 0 aromatic carbocycles. The standard InChI is InChI=1S/C11H18N4O2/c1-2-15-10(12-7-13-15)6-8-4-3-5-9(14-8)11(16)17/h7-9,14H,2-6H2,1H3,(H,16,17). The second-order valence-electron chi connectivity index (χ2n) is 4.38. The van der Waals surface area contributed by atoms with Gasteiger partial charge in [0.25, 0.3) is 0 Å². The predicted octanol–water partition coefficient (Wildman–Crippen LogP) is 0.436. The molecule has 1 aromatic rings. The lowest BCUT2D eigenvalue weighted by molar-refractivity contribution is -0.140. The summed E-state index contributed by atoms with van der Waals surface area (Å²) in [6.45, 7) is 2.82. The Hall–Kier alpha value is -1.43. The maximum Gasteiger partial charge on any atom is 0.320 e. The molecule has 0 saturated carbocycles. The van der Waals surface area contributed by atoms with Gasteiger partial charge < -0.3 is 10.4 Å². The maximum absolute atomic E-state index is 10.9. The average molecular weight is 238 g/mol. The van der Waals surface area contributed by atoms with Crippen LogP contribution in [-0.4, -0.2) is 37.9 Å². The van der Waals surface area contributed by atoms with Gasteiger partial charge in [0.2, 0.25) is 0 Å². The average Bonchev–Trinajstić information content (AvgIpc) is 2.76. The number of hydrogen-bond donors (Lipinski definition) is 2. The number of nitrogens with zero attached hydrogens (tertiary/aromatic N) is 3. The number of aryl methyl sites for hydroxylation is 1. The second-order valence-corrected chi connectivity index (χ2v) is 4.38. The minimum absolute atomic E-state index is 0.194. The van der Waals surface area contributed by atoms with Crippen LogP contribution in [0.25, 0.3) is 0 Å². The summed E-state index contributed by atoms with van der Waals surface area (Å²) in [7, 11) is 0. The summed E-state index contributed by atoms with van der Waals surface area (Å²) in [5.74, 6) is 0.169. The topological polar surface area (TPSA) is 80.0 Å². The summed E-state index contributed by atoms with van der Waals surface area (Å²) < 4.78 is 1.85. The molecule has 94 valence electrons. The van der Waals surface area contributed by atoms with Gasteiger partial charge in [0.05, 0.1) is 0 Å². The van der Waals surface area contributed by atoms with Gasteiger partial charge in [0.1, 0.15) is 18.2 Å². The van der Waals surface area contributed by atoms with Crippen molar-refractivity contribution in [3.63, 3.8) is 0 Å². The zero-order valence-electron chi connectivity index (χ0n) is 9.96. The van der Waals surface area contributed by atoms with Gasteiger partial charge in [0.15, 0.2) is 0 Å². The minimum Gasteiger partial charge on any atom is -0.480 e. The molecule has 2 atom stereocenters. The number of aliphatic carboxylic acids is 1. The first-order valence-electron chi connectivity index (χ1n) is 6.06. The number of hydrogen-bond acceptors (Lipinski definition) is 4. The van der Waals surface area contributed by atoms with E-state index in [1.54, 1.807) is 6.33 Å². The molecule has 1 saturated heterocycles. The molecule has 2 rings (SSSR count). The molecule has 0 aliphatic carbocycles. The van der Waals surface area contributed by atoms with Crippen molar-refractivity contribution in [3.8, 4) is 0 Å². The van der Waals surface area contributed by atoms with Crippen LogP contribution >= 0.6 is 0 Å². The molecule has 0 radical (unpaired) electrons. The summed E-state index contributed by atoms with van der Waals surface area (Å²) in [5.41, 5.74) is 0. The van der Waals surface area contributed by atoms with E-state index in [1.807, 2.05) is 11.6 Å². The molecule has 0 amide bonds. The molecule has 0 spiro atoms. The van der Waals surface area contributed by atoms with E-state index in [4.69, 9.17) is 5.11 Å². The molecule has 1 fully saturated rings. The highest BCUT2D eigenvalue weighted by Gasteiger charge is 2.26. The van der Waals surface area contributed by atoms with Crippen LogP contribution in [0.3, 0.4) is 0 Å². The van der Waals surface area contributed by atoms with Crippen molar-refractivity contribution in [1.82, 2.24) is 20.1 Å². The molecule has 2 N–H and O–H groups in total. The van der Waals surface area contributed by atoms with Crippen molar-refractivity contribution in [1.29, 1.82) is 0 Å². The van der Waals surface area contributed by atoms with E-state index in [9.17, 15) is 4.79 Å². The number of rotatable bonds is 4. The van der Waals surface area contributed by atoms with Crippen LogP contribution in [0.4, 0.5) is 0 Å². The predicted molar refractivity (Wildman–Crippen MR) is 61.6 cm³/mol. The van der Waals surface area contributed by atoms with Gasteiger partial charge in [-0.15, -0.1) is 0 Å². The lowest BCUT2D eigenvalue weighted by Gasteiger charge is -2.28. The van der Waals surface area contributed by atoms with Crippen molar-refractivity contribution >= 4 is 5.97 Å². The Morgan fingerprint density at radius 2 is 2.47 bits per heavy atom. The molecule has 2 heterocycles. The van der Waals surface area contributed by atoms with Gasteiger partial charge in [-0.25, -0.2) is 4.98 Å². The van der Waals surface area contributed by atoms with E-state index in [-0.39, 0.29) is 6.04 Å². The van der Waals surface area contributed by atoms with Crippen LogP contribution in [-0.2, 0) is 17.8 Å². The maximum atomic E-state index is 10.9. The number of carboxylic acids is 1. The molecular formula is C11H18N4O2. The Labute approximate surface area is 100 Å². The van der Waals surface area contributed by atoms with E-state index < -0.39 is 12.0 Å². The van der Waals surface area contributed by atoms with Crippen LogP contribution in [0.2, 0.25) is 0 Å². The molecule has 6 heteroatoms. The summed E-state index contributed by atoms with van der Waals surface area (Å²) >= 11 is 0. The SMILES string of the molecule is CCn1ncnc1CC1CCCC(C(=O)O)N1. The lowest BCUT2D eigenvalue weighted by Crippen LogP contribution is -2.47. The zero-order valence-corrected chi connectivity index (χ0v) is 9.96.